The Morgan fingerprint density at radius 1 is 1.06 bits per heavy atom. The van der Waals surface area contributed by atoms with Crippen LogP contribution >= 0.6 is 0 Å². The Labute approximate surface area is 190 Å². The summed E-state index contributed by atoms with van der Waals surface area (Å²) in [6.45, 7) is 13.7. The quantitative estimate of drug-likeness (QED) is 0.434. The molecule has 0 amide bonds. The molecule has 160 valence electrons. The minimum Gasteiger partial charge on any atom is -0.486 e. The Morgan fingerprint density at radius 3 is 2.28 bits per heavy atom. The van der Waals surface area contributed by atoms with Crippen molar-refractivity contribution in [2.75, 3.05) is 18.0 Å². The number of ether oxygens (including phenoxy) is 1. The molecule has 32 heavy (non-hydrogen) atoms. The molecule has 0 bridgehead atoms. The molecule has 0 saturated carbocycles. The second kappa shape index (κ2) is 9.16. The first-order chi connectivity index (χ1) is 15.6. The zero-order chi connectivity index (χ0) is 22.6. The van der Waals surface area contributed by atoms with Gasteiger partial charge in [-0.25, -0.2) is 10.1 Å². The predicted molar refractivity (Wildman–Crippen MR) is 129 cm³/mol. The highest BCUT2D eigenvalue weighted by molar-refractivity contribution is 5.58. The smallest absolute Gasteiger partial charge is 0.265 e. The summed E-state index contributed by atoms with van der Waals surface area (Å²) in [6, 6.07) is 18.9. The van der Waals surface area contributed by atoms with Crippen molar-refractivity contribution in [3.8, 4) is 6.07 Å². The topological polar surface area (TPSA) is 40.6 Å². The van der Waals surface area contributed by atoms with E-state index in [1.165, 1.54) is 16.8 Å². The van der Waals surface area contributed by atoms with Gasteiger partial charge in [0.25, 0.3) is 5.70 Å². The van der Waals surface area contributed by atoms with Crippen molar-refractivity contribution in [2.24, 2.45) is 0 Å². The van der Waals surface area contributed by atoms with E-state index in [4.69, 9.17) is 11.3 Å². The van der Waals surface area contributed by atoms with Crippen molar-refractivity contribution in [1.82, 2.24) is 0 Å². The van der Waals surface area contributed by atoms with E-state index in [1.54, 1.807) is 0 Å². The van der Waals surface area contributed by atoms with Crippen LogP contribution in [0.5, 0.6) is 0 Å². The van der Waals surface area contributed by atoms with Crippen molar-refractivity contribution in [2.45, 2.75) is 38.7 Å². The number of nitrogens with zero attached hydrogens (tertiary/aromatic N) is 3. The van der Waals surface area contributed by atoms with E-state index in [0.717, 1.165) is 37.1 Å². The molecule has 0 radical (unpaired) electrons. The van der Waals surface area contributed by atoms with Gasteiger partial charge in [0.15, 0.2) is 0 Å². The standard InChI is InChI=1S/C28H27N3O/c1-4-31(5-2)25-13-10-21(11-14-25)12-15-26-16-24(27(20-29)30-3)19-28(32-26)17-22-8-6-7-9-23(22)18-28/h6-16H,4-5,17-19H2,1-2H3/b15-12+,27-24+. The second-order valence-corrected chi connectivity index (χ2v) is 8.33. The van der Waals surface area contributed by atoms with E-state index < -0.39 is 5.60 Å². The van der Waals surface area contributed by atoms with Crippen LogP contribution in [0.25, 0.3) is 10.9 Å². The van der Waals surface area contributed by atoms with Crippen LogP contribution < -0.4 is 4.90 Å². The fraction of sp³-hybridized carbons (Fsp3) is 0.286. The molecule has 1 heterocycles. The average Bonchev–Trinajstić information content (AvgIpc) is 3.16. The van der Waals surface area contributed by atoms with E-state index in [1.807, 2.05) is 18.2 Å². The number of hydrogen-bond acceptors (Lipinski definition) is 3. The number of rotatable bonds is 5. The molecular weight excluding hydrogens is 394 g/mol. The third kappa shape index (κ3) is 4.32. The van der Waals surface area contributed by atoms with Gasteiger partial charge < -0.3 is 9.64 Å². The van der Waals surface area contributed by atoms with Crippen molar-refractivity contribution < 1.29 is 4.74 Å². The Morgan fingerprint density at radius 2 is 1.72 bits per heavy atom. The molecule has 1 spiro atoms. The van der Waals surface area contributed by atoms with Crippen LogP contribution in [0.15, 0.2) is 77.7 Å². The monoisotopic (exact) mass is 421 g/mol. The summed E-state index contributed by atoms with van der Waals surface area (Å²) in [5.74, 6) is 0.697. The minimum atomic E-state index is -0.438. The molecule has 0 atom stereocenters. The van der Waals surface area contributed by atoms with E-state index >= 15 is 0 Å². The normalized spacial score (nSPS) is 17.8. The van der Waals surface area contributed by atoms with E-state index in [0.29, 0.717) is 12.2 Å². The largest absolute Gasteiger partial charge is 0.486 e. The first kappa shape index (κ1) is 21.5. The molecule has 0 aromatic heterocycles. The molecule has 0 N–H and O–H groups in total. The summed E-state index contributed by atoms with van der Waals surface area (Å²) in [5.41, 5.74) is 5.33. The maximum absolute atomic E-state index is 9.47. The lowest BCUT2D eigenvalue weighted by molar-refractivity contribution is 0.0108. The van der Waals surface area contributed by atoms with Crippen molar-refractivity contribution in [3.05, 3.63) is 106 Å². The molecule has 2 aromatic carbocycles. The molecule has 1 aliphatic heterocycles. The van der Waals surface area contributed by atoms with Gasteiger partial charge in [0.1, 0.15) is 11.4 Å². The maximum Gasteiger partial charge on any atom is 0.265 e. The molecule has 4 rings (SSSR count). The van der Waals surface area contributed by atoms with Crippen molar-refractivity contribution >= 4 is 11.8 Å². The molecule has 0 saturated heterocycles. The van der Waals surface area contributed by atoms with Gasteiger partial charge in [0.2, 0.25) is 0 Å². The lowest BCUT2D eigenvalue weighted by atomic mass is 9.87. The highest BCUT2D eigenvalue weighted by atomic mass is 16.5. The van der Waals surface area contributed by atoms with Gasteiger partial charge >= 0.3 is 0 Å². The van der Waals surface area contributed by atoms with E-state index in [-0.39, 0.29) is 5.70 Å². The molecule has 0 fully saturated rings. The number of anilines is 1. The minimum absolute atomic E-state index is 0.151. The van der Waals surface area contributed by atoms with Gasteiger partial charge in [0.05, 0.1) is 12.6 Å². The fourth-order valence-electron chi connectivity index (χ4n) is 4.71. The third-order valence-electron chi connectivity index (χ3n) is 6.29. The summed E-state index contributed by atoms with van der Waals surface area (Å²) in [6.07, 6.45) is 7.98. The van der Waals surface area contributed by atoms with Crippen LogP contribution in [0.4, 0.5) is 5.69 Å². The van der Waals surface area contributed by atoms with Gasteiger partial charge in [-0.3, -0.25) is 0 Å². The van der Waals surface area contributed by atoms with Gasteiger partial charge in [-0.2, -0.15) is 0 Å². The Balaban J connectivity index is 1.62. The number of benzene rings is 2. The van der Waals surface area contributed by atoms with Crippen molar-refractivity contribution in [3.63, 3.8) is 0 Å². The second-order valence-electron chi connectivity index (χ2n) is 8.33. The maximum atomic E-state index is 9.47. The van der Waals surface area contributed by atoms with Gasteiger partial charge in [-0.1, -0.05) is 42.5 Å². The summed E-state index contributed by atoms with van der Waals surface area (Å²) < 4.78 is 6.52. The van der Waals surface area contributed by atoms with Gasteiger partial charge in [-0.05, 0) is 60.4 Å². The van der Waals surface area contributed by atoms with Crippen LogP contribution in [-0.2, 0) is 17.6 Å². The first-order valence-corrected chi connectivity index (χ1v) is 11.1. The molecule has 4 heteroatoms. The van der Waals surface area contributed by atoms with Gasteiger partial charge in [-0.15, -0.1) is 0 Å². The number of hydrogen-bond donors (Lipinski definition) is 0. The highest BCUT2D eigenvalue weighted by Crippen LogP contribution is 2.43. The Kier molecular flexibility index (Phi) is 6.15. The number of allylic oxidation sites excluding steroid dienone is 3. The van der Waals surface area contributed by atoms with E-state index in [2.05, 4.69) is 78.2 Å². The summed E-state index contributed by atoms with van der Waals surface area (Å²) in [7, 11) is 0. The number of nitriles is 1. The third-order valence-corrected chi connectivity index (χ3v) is 6.29. The van der Waals surface area contributed by atoms with Crippen LogP contribution in [0.3, 0.4) is 0 Å². The van der Waals surface area contributed by atoms with Crippen molar-refractivity contribution in [1.29, 1.82) is 5.26 Å². The molecule has 1 aliphatic carbocycles. The van der Waals surface area contributed by atoms with Crippen LogP contribution in [0.2, 0.25) is 0 Å². The van der Waals surface area contributed by atoms with Crippen LogP contribution in [0.1, 0.15) is 37.0 Å². The highest BCUT2D eigenvalue weighted by Gasteiger charge is 2.42. The first-order valence-electron chi connectivity index (χ1n) is 11.1. The van der Waals surface area contributed by atoms with E-state index in [9.17, 15) is 5.26 Å². The zero-order valence-electron chi connectivity index (χ0n) is 18.6. The molecule has 2 aromatic rings. The summed E-state index contributed by atoms with van der Waals surface area (Å²) in [5, 5.41) is 9.47. The predicted octanol–water partition coefficient (Wildman–Crippen LogP) is 6.08. The zero-order valence-corrected chi connectivity index (χ0v) is 18.6. The summed E-state index contributed by atoms with van der Waals surface area (Å²) >= 11 is 0. The lowest BCUT2D eigenvalue weighted by Gasteiger charge is -2.35. The fourth-order valence-corrected chi connectivity index (χ4v) is 4.71. The average molecular weight is 422 g/mol. The molecule has 4 nitrogen and oxygen atoms in total. The van der Waals surface area contributed by atoms with Crippen LogP contribution in [0, 0.1) is 17.9 Å². The lowest BCUT2D eigenvalue weighted by Crippen LogP contribution is -2.36. The Bertz CT molecular complexity index is 1130. The van der Waals surface area contributed by atoms with Gasteiger partial charge in [0, 0.05) is 38.0 Å². The molecule has 2 aliphatic rings. The SMILES string of the molecule is [C-]#[N+]/C(C#N)=C1C=C(/C=C/c2ccc(N(CC)CC)cc2)OC2(C\1)Cc1ccccc1C2. The summed E-state index contributed by atoms with van der Waals surface area (Å²) in [4.78, 5) is 5.78. The molecule has 0 unspecified atom stereocenters. The Hall–Kier alpha value is -3.76. The van der Waals surface area contributed by atoms with Crippen LogP contribution in [-0.4, -0.2) is 18.7 Å². The molecular formula is C28H27N3O. The number of fused-ring (bicyclic) bond motifs is 1.